The van der Waals surface area contributed by atoms with E-state index in [2.05, 4.69) is 11.8 Å². The highest BCUT2D eigenvalue weighted by Gasteiger charge is 2.23. The number of nitrogens with two attached hydrogens (primary N) is 1. The Morgan fingerprint density at radius 1 is 1.62 bits per heavy atom. The standard InChI is InChI=1S/C12H20N2O2/c1-10-8-14(4-2-5-16-10)12(7-13)11-3-6-15-9-11/h3,6,9-10,12H,2,4-5,7-8,13H2,1H3. The van der Waals surface area contributed by atoms with Crippen LogP contribution in [0.25, 0.3) is 0 Å². The predicted octanol–water partition coefficient (Wildman–Crippen LogP) is 1.39. The van der Waals surface area contributed by atoms with Gasteiger partial charge in [0.25, 0.3) is 0 Å². The summed E-state index contributed by atoms with van der Waals surface area (Å²) in [5, 5.41) is 0. The van der Waals surface area contributed by atoms with Crippen LogP contribution in [0.5, 0.6) is 0 Å². The highest BCUT2D eigenvalue weighted by molar-refractivity contribution is 5.12. The van der Waals surface area contributed by atoms with Crippen molar-refractivity contribution in [2.75, 3.05) is 26.2 Å². The Hall–Kier alpha value is -0.840. The van der Waals surface area contributed by atoms with E-state index >= 15 is 0 Å². The SMILES string of the molecule is CC1CN(C(CN)c2ccoc2)CCCO1. The lowest BCUT2D eigenvalue weighted by atomic mass is 10.1. The van der Waals surface area contributed by atoms with Gasteiger partial charge in [-0.25, -0.2) is 0 Å². The van der Waals surface area contributed by atoms with Crippen molar-refractivity contribution in [3.05, 3.63) is 24.2 Å². The van der Waals surface area contributed by atoms with Gasteiger partial charge in [-0.15, -0.1) is 0 Å². The first kappa shape index (κ1) is 11.6. The molecule has 2 unspecified atom stereocenters. The molecule has 4 heteroatoms. The van der Waals surface area contributed by atoms with Gasteiger partial charge in [0, 0.05) is 31.8 Å². The molecule has 0 bridgehead atoms. The molecule has 1 fully saturated rings. The Balaban J connectivity index is 2.07. The number of hydrogen-bond acceptors (Lipinski definition) is 4. The van der Waals surface area contributed by atoms with E-state index in [9.17, 15) is 0 Å². The third-order valence-corrected chi connectivity index (χ3v) is 3.08. The summed E-state index contributed by atoms with van der Waals surface area (Å²) in [4.78, 5) is 2.39. The molecule has 2 heterocycles. The zero-order valence-corrected chi connectivity index (χ0v) is 9.76. The summed E-state index contributed by atoms with van der Waals surface area (Å²) in [5.74, 6) is 0. The summed E-state index contributed by atoms with van der Waals surface area (Å²) in [6.07, 6.45) is 4.84. The fraction of sp³-hybridized carbons (Fsp3) is 0.667. The molecule has 0 amide bonds. The molecule has 1 aliphatic rings. The molecule has 1 aromatic heterocycles. The minimum atomic E-state index is 0.253. The van der Waals surface area contributed by atoms with Crippen LogP contribution in [0.15, 0.2) is 23.0 Å². The molecule has 2 N–H and O–H groups in total. The van der Waals surface area contributed by atoms with E-state index in [1.54, 1.807) is 12.5 Å². The second kappa shape index (κ2) is 5.48. The number of rotatable bonds is 3. The van der Waals surface area contributed by atoms with Crippen molar-refractivity contribution >= 4 is 0 Å². The summed E-state index contributed by atoms with van der Waals surface area (Å²) in [6, 6.07) is 2.25. The van der Waals surface area contributed by atoms with Crippen molar-refractivity contribution < 1.29 is 9.15 Å². The maximum atomic E-state index is 5.87. The summed E-state index contributed by atoms with van der Waals surface area (Å²) >= 11 is 0. The van der Waals surface area contributed by atoms with Crippen molar-refractivity contribution in [3.8, 4) is 0 Å². The molecule has 1 aliphatic heterocycles. The Morgan fingerprint density at radius 2 is 2.50 bits per heavy atom. The molecule has 4 nitrogen and oxygen atoms in total. The van der Waals surface area contributed by atoms with Gasteiger partial charge in [0.1, 0.15) is 0 Å². The van der Waals surface area contributed by atoms with E-state index in [1.165, 1.54) is 0 Å². The lowest BCUT2D eigenvalue weighted by Crippen LogP contribution is -2.37. The zero-order chi connectivity index (χ0) is 11.4. The molecule has 0 spiro atoms. The Kier molecular flexibility index (Phi) is 3.98. The molecule has 0 saturated carbocycles. The van der Waals surface area contributed by atoms with E-state index in [1.807, 2.05) is 6.07 Å². The minimum absolute atomic E-state index is 0.253. The van der Waals surface area contributed by atoms with Crippen LogP contribution in [0.4, 0.5) is 0 Å². The monoisotopic (exact) mass is 224 g/mol. The average molecular weight is 224 g/mol. The molecule has 2 rings (SSSR count). The number of hydrogen-bond donors (Lipinski definition) is 1. The Labute approximate surface area is 96.4 Å². The predicted molar refractivity (Wildman–Crippen MR) is 62.1 cm³/mol. The number of nitrogens with zero attached hydrogens (tertiary/aromatic N) is 1. The largest absolute Gasteiger partial charge is 0.472 e. The molecule has 0 radical (unpaired) electrons. The highest BCUT2D eigenvalue weighted by atomic mass is 16.5. The minimum Gasteiger partial charge on any atom is -0.472 e. The Bertz CT molecular complexity index is 300. The van der Waals surface area contributed by atoms with Gasteiger partial charge in [0.15, 0.2) is 0 Å². The maximum absolute atomic E-state index is 5.87. The van der Waals surface area contributed by atoms with E-state index in [0.717, 1.165) is 31.7 Å². The third-order valence-electron chi connectivity index (χ3n) is 3.08. The highest BCUT2D eigenvalue weighted by Crippen LogP contribution is 2.22. The van der Waals surface area contributed by atoms with Crippen molar-refractivity contribution in [1.82, 2.24) is 4.90 Å². The zero-order valence-electron chi connectivity index (χ0n) is 9.76. The molecular weight excluding hydrogens is 204 g/mol. The maximum Gasteiger partial charge on any atom is 0.0950 e. The smallest absolute Gasteiger partial charge is 0.0950 e. The van der Waals surface area contributed by atoms with Crippen LogP contribution in [0, 0.1) is 0 Å². The van der Waals surface area contributed by atoms with Gasteiger partial charge in [-0.3, -0.25) is 4.90 Å². The summed E-state index contributed by atoms with van der Waals surface area (Å²) < 4.78 is 10.8. The first-order chi connectivity index (χ1) is 7.81. The van der Waals surface area contributed by atoms with E-state index in [0.29, 0.717) is 6.54 Å². The second-order valence-corrected chi connectivity index (χ2v) is 4.34. The lowest BCUT2D eigenvalue weighted by molar-refractivity contribution is 0.0611. The van der Waals surface area contributed by atoms with Gasteiger partial charge < -0.3 is 14.9 Å². The Morgan fingerprint density at radius 3 is 3.19 bits per heavy atom. The molecule has 1 saturated heterocycles. The van der Waals surface area contributed by atoms with Crippen LogP contribution in [0.3, 0.4) is 0 Å². The third kappa shape index (κ3) is 2.64. The van der Waals surface area contributed by atoms with Crippen molar-refractivity contribution in [2.45, 2.75) is 25.5 Å². The molecule has 0 aliphatic carbocycles. The molecule has 1 aromatic rings. The van der Waals surface area contributed by atoms with Gasteiger partial charge in [-0.05, 0) is 19.4 Å². The molecular formula is C12H20N2O2. The van der Waals surface area contributed by atoms with Crippen LogP contribution in [-0.4, -0.2) is 37.2 Å². The van der Waals surface area contributed by atoms with Crippen molar-refractivity contribution in [2.24, 2.45) is 5.73 Å². The molecule has 2 atom stereocenters. The number of ether oxygens (including phenoxy) is 1. The van der Waals surface area contributed by atoms with E-state index in [-0.39, 0.29) is 12.1 Å². The fourth-order valence-corrected chi connectivity index (χ4v) is 2.27. The summed E-state index contributed by atoms with van der Waals surface area (Å²) in [7, 11) is 0. The van der Waals surface area contributed by atoms with Crippen LogP contribution in [0.1, 0.15) is 24.9 Å². The average Bonchev–Trinajstić information content (AvgIpc) is 2.70. The first-order valence-corrected chi connectivity index (χ1v) is 5.89. The lowest BCUT2D eigenvalue weighted by Gasteiger charge is -2.29. The van der Waals surface area contributed by atoms with E-state index in [4.69, 9.17) is 14.9 Å². The van der Waals surface area contributed by atoms with Gasteiger partial charge in [0.2, 0.25) is 0 Å². The van der Waals surface area contributed by atoms with Crippen molar-refractivity contribution in [3.63, 3.8) is 0 Å². The normalized spacial score (nSPS) is 25.2. The van der Waals surface area contributed by atoms with Crippen LogP contribution in [-0.2, 0) is 4.74 Å². The topological polar surface area (TPSA) is 51.6 Å². The van der Waals surface area contributed by atoms with Crippen molar-refractivity contribution in [1.29, 1.82) is 0 Å². The van der Waals surface area contributed by atoms with Crippen LogP contribution < -0.4 is 5.73 Å². The quantitative estimate of drug-likeness (QED) is 0.843. The second-order valence-electron chi connectivity index (χ2n) is 4.34. The van der Waals surface area contributed by atoms with Crippen LogP contribution >= 0.6 is 0 Å². The van der Waals surface area contributed by atoms with Gasteiger partial charge in [-0.1, -0.05) is 0 Å². The summed E-state index contributed by atoms with van der Waals surface area (Å²) in [5.41, 5.74) is 7.03. The molecule has 16 heavy (non-hydrogen) atoms. The van der Waals surface area contributed by atoms with Crippen LogP contribution in [0.2, 0.25) is 0 Å². The number of furan rings is 1. The van der Waals surface area contributed by atoms with E-state index < -0.39 is 0 Å². The molecule has 90 valence electrons. The fourth-order valence-electron chi connectivity index (χ4n) is 2.27. The van der Waals surface area contributed by atoms with Gasteiger partial charge >= 0.3 is 0 Å². The molecule has 0 aromatic carbocycles. The first-order valence-electron chi connectivity index (χ1n) is 5.89. The van der Waals surface area contributed by atoms with Gasteiger partial charge in [-0.2, -0.15) is 0 Å². The van der Waals surface area contributed by atoms with Gasteiger partial charge in [0.05, 0.1) is 24.7 Å². The summed E-state index contributed by atoms with van der Waals surface area (Å²) in [6.45, 7) is 5.55.